The Labute approximate surface area is 376 Å². The molecule has 1 rings (SSSR count). The highest BCUT2D eigenvalue weighted by atomic mass is 32.2. The third kappa shape index (κ3) is 33.4. The number of hydrogen-bond acceptors (Lipinski definition) is 11. The molecule has 1 aliphatic heterocycles. The predicted molar refractivity (Wildman–Crippen MR) is 247 cm³/mol. The lowest BCUT2D eigenvalue weighted by Crippen LogP contribution is -2.60. The number of unbranched alkanes of at least 4 members (excludes halogenated alkanes) is 23. The van der Waals surface area contributed by atoms with E-state index in [-0.39, 0.29) is 19.4 Å². The number of aliphatic hydroxyl groups is 3. The Morgan fingerprint density at radius 2 is 1.00 bits per heavy atom. The molecule has 1 heterocycles. The number of allylic oxidation sites excluding steroid dienone is 6. The summed E-state index contributed by atoms with van der Waals surface area (Å²) in [4.78, 5) is 25.4. The maximum absolute atomic E-state index is 12.8. The molecule has 1 fully saturated rings. The zero-order valence-corrected chi connectivity index (χ0v) is 39.5. The minimum Gasteiger partial charge on any atom is -0.462 e. The highest BCUT2D eigenvalue weighted by Gasteiger charge is 2.46. The zero-order valence-electron chi connectivity index (χ0n) is 38.7. The first-order chi connectivity index (χ1) is 30.0. The number of rotatable bonds is 41. The summed E-state index contributed by atoms with van der Waals surface area (Å²) < 4.78 is 54.1. The van der Waals surface area contributed by atoms with Crippen LogP contribution in [0.1, 0.15) is 206 Å². The first kappa shape index (κ1) is 57.9. The maximum atomic E-state index is 12.8. The number of carbonyl (C=O) groups is 2. The smallest absolute Gasteiger partial charge is 0.306 e. The number of carbonyl (C=O) groups excluding carboxylic acids is 2. The average molecular weight is 901 g/mol. The SMILES string of the molecule is CCCCC/C=C/C/C=C/CCCCCCCCCCCC(=O)OC[C@H](CO[C@H]1O[C@H](CS(=O)(=O)O)[C@@H](O)C(O)C1O)OC(=O)CC/C=C/CCCCCCCCCCCCC. The first-order valence-electron chi connectivity index (χ1n) is 24.5. The van der Waals surface area contributed by atoms with Crippen LogP contribution in [0, 0.1) is 0 Å². The fourth-order valence-electron chi connectivity index (χ4n) is 7.37. The lowest BCUT2D eigenvalue weighted by molar-refractivity contribution is -0.297. The van der Waals surface area contributed by atoms with Crippen LogP contribution < -0.4 is 0 Å². The molecule has 0 spiro atoms. The van der Waals surface area contributed by atoms with E-state index in [0.29, 0.717) is 12.8 Å². The Hall–Kier alpha value is -2.13. The van der Waals surface area contributed by atoms with Gasteiger partial charge in [-0.3, -0.25) is 14.1 Å². The molecular weight excluding hydrogens is 813 g/mol. The fraction of sp³-hybridized carbons (Fsp3) is 0.837. The quantitative estimate of drug-likeness (QED) is 0.0197. The molecule has 62 heavy (non-hydrogen) atoms. The Bertz CT molecular complexity index is 1290. The molecule has 0 amide bonds. The molecule has 0 aromatic carbocycles. The van der Waals surface area contributed by atoms with Gasteiger partial charge in [0.15, 0.2) is 12.4 Å². The largest absolute Gasteiger partial charge is 0.462 e. The van der Waals surface area contributed by atoms with Gasteiger partial charge in [0.1, 0.15) is 36.8 Å². The molecule has 0 aliphatic carbocycles. The zero-order chi connectivity index (χ0) is 45.5. The minimum absolute atomic E-state index is 0.0812. The molecule has 0 saturated carbocycles. The second kappa shape index (κ2) is 39.3. The maximum Gasteiger partial charge on any atom is 0.306 e. The normalized spacial score (nSPS) is 20.1. The third-order valence-electron chi connectivity index (χ3n) is 11.2. The van der Waals surface area contributed by atoms with Crippen molar-refractivity contribution in [3.8, 4) is 0 Å². The van der Waals surface area contributed by atoms with Gasteiger partial charge in [-0.1, -0.05) is 172 Å². The van der Waals surface area contributed by atoms with Gasteiger partial charge in [-0.05, 0) is 57.8 Å². The van der Waals surface area contributed by atoms with Crippen LogP contribution in [0.3, 0.4) is 0 Å². The molecule has 362 valence electrons. The van der Waals surface area contributed by atoms with E-state index in [4.69, 9.17) is 18.9 Å². The molecule has 0 aromatic heterocycles. The van der Waals surface area contributed by atoms with Crippen molar-refractivity contribution >= 4 is 22.1 Å². The van der Waals surface area contributed by atoms with Crippen LogP contribution in [0.4, 0.5) is 0 Å². The van der Waals surface area contributed by atoms with E-state index in [1.54, 1.807) is 0 Å². The Morgan fingerprint density at radius 3 is 1.53 bits per heavy atom. The van der Waals surface area contributed by atoms with Crippen molar-refractivity contribution in [1.82, 2.24) is 0 Å². The van der Waals surface area contributed by atoms with Crippen molar-refractivity contribution in [3.05, 3.63) is 36.5 Å². The van der Waals surface area contributed by atoms with Crippen molar-refractivity contribution in [3.63, 3.8) is 0 Å². The van der Waals surface area contributed by atoms with Crippen LogP contribution >= 0.6 is 0 Å². The van der Waals surface area contributed by atoms with Crippen LogP contribution in [0.2, 0.25) is 0 Å². The molecule has 4 N–H and O–H groups in total. The Morgan fingerprint density at radius 1 is 0.548 bits per heavy atom. The summed E-state index contributed by atoms with van der Waals surface area (Å²) in [5, 5.41) is 30.9. The summed E-state index contributed by atoms with van der Waals surface area (Å²) >= 11 is 0. The van der Waals surface area contributed by atoms with Crippen molar-refractivity contribution in [2.75, 3.05) is 19.0 Å². The summed E-state index contributed by atoms with van der Waals surface area (Å²) in [7, 11) is -4.61. The van der Waals surface area contributed by atoms with Gasteiger partial charge >= 0.3 is 11.9 Å². The van der Waals surface area contributed by atoms with Crippen molar-refractivity contribution in [1.29, 1.82) is 0 Å². The van der Waals surface area contributed by atoms with E-state index in [1.165, 1.54) is 122 Å². The van der Waals surface area contributed by atoms with Crippen molar-refractivity contribution in [2.45, 2.75) is 243 Å². The summed E-state index contributed by atoms with van der Waals surface area (Å²) in [6, 6.07) is 0. The number of aliphatic hydroxyl groups excluding tert-OH is 3. The van der Waals surface area contributed by atoms with Crippen molar-refractivity contribution in [2.24, 2.45) is 0 Å². The van der Waals surface area contributed by atoms with Gasteiger partial charge < -0.3 is 34.3 Å². The van der Waals surface area contributed by atoms with E-state index < -0.39 is 71.2 Å². The van der Waals surface area contributed by atoms with Gasteiger partial charge in [0.05, 0.1) is 6.61 Å². The van der Waals surface area contributed by atoms with Gasteiger partial charge in [0, 0.05) is 12.8 Å². The van der Waals surface area contributed by atoms with Crippen molar-refractivity contribution < 1.29 is 56.8 Å². The summed E-state index contributed by atoms with van der Waals surface area (Å²) in [5.41, 5.74) is 0. The van der Waals surface area contributed by atoms with Crippen LogP contribution in [-0.4, -0.2) is 96.0 Å². The van der Waals surface area contributed by atoms with Gasteiger partial charge in [0.25, 0.3) is 10.1 Å². The standard InChI is InChI=1S/C49H88O12S/c1-3-5-7-9-11-13-15-17-19-20-21-22-24-25-27-29-31-33-35-37-44(50)58-39-42(40-59-49-48(54)47(53)46(52)43(61-49)41-62(55,56)57)60-45(51)38-36-34-32-30-28-26-23-18-16-14-12-10-8-6-4-2/h11,13,17,19,32,34,42-43,46-49,52-54H,3-10,12,14-16,18,20-31,33,35-41H2,1-2H3,(H,55,56,57)/b13-11+,19-17+,34-32+/t42-,43-,46-,47?,48?,49+/m1/s1. The molecular formula is C49H88O12S. The summed E-state index contributed by atoms with van der Waals surface area (Å²) in [6.07, 6.45) is 36.2. The molecule has 13 heteroatoms. The second-order valence-electron chi connectivity index (χ2n) is 17.1. The predicted octanol–water partition coefficient (Wildman–Crippen LogP) is 10.6. The molecule has 12 nitrogen and oxygen atoms in total. The summed E-state index contributed by atoms with van der Waals surface area (Å²) in [5.74, 6) is -2.04. The molecule has 6 atom stereocenters. The Kier molecular flexibility index (Phi) is 36.6. The van der Waals surface area contributed by atoms with E-state index in [0.717, 1.165) is 44.9 Å². The fourth-order valence-corrected chi connectivity index (χ4v) is 8.06. The van der Waals surface area contributed by atoms with Gasteiger partial charge in [-0.2, -0.15) is 8.42 Å². The van der Waals surface area contributed by atoms with Crippen LogP contribution in [0.25, 0.3) is 0 Å². The molecule has 0 bridgehead atoms. The molecule has 0 radical (unpaired) electrons. The van der Waals surface area contributed by atoms with Crippen LogP contribution in [0.15, 0.2) is 36.5 Å². The van der Waals surface area contributed by atoms with Crippen LogP contribution in [0.5, 0.6) is 0 Å². The third-order valence-corrected chi connectivity index (χ3v) is 12.0. The minimum atomic E-state index is -4.61. The number of esters is 2. The molecule has 1 aliphatic rings. The molecule has 1 saturated heterocycles. The van der Waals surface area contributed by atoms with Crippen LogP contribution in [-0.2, 0) is 38.7 Å². The van der Waals surface area contributed by atoms with E-state index in [9.17, 15) is 37.9 Å². The highest BCUT2D eigenvalue weighted by molar-refractivity contribution is 7.85. The lowest BCUT2D eigenvalue weighted by Gasteiger charge is -2.40. The molecule has 2 unspecified atom stereocenters. The van der Waals surface area contributed by atoms with E-state index in [1.807, 2.05) is 6.08 Å². The lowest BCUT2D eigenvalue weighted by atomic mass is 10.00. The molecule has 0 aromatic rings. The monoisotopic (exact) mass is 901 g/mol. The summed E-state index contributed by atoms with van der Waals surface area (Å²) in [6.45, 7) is 3.72. The van der Waals surface area contributed by atoms with Gasteiger partial charge in [-0.25, -0.2) is 0 Å². The van der Waals surface area contributed by atoms with Gasteiger partial charge in [-0.15, -0.1) is 0 Å². The Balaban J connectivity index is 2.41. The second-order valence-corrected chi connectivity index (χ2v) is 18.6. The number of hydrogen-bond donors (Lipinski definition) is 4. The highest BCUT2D eigenvalue weighted by Crippen LogP contribution is 2.24. The topological polar surface area (TPSA) is 186 Å². The van der Waals surface area contributed by atoms with E-state index in [2.05, 4.69) is 44.2 Å². The van der Waals surface area contributed by atoms with E-state index >= 15 is 0 Å². The average Bonchev–Trinajstić information content (AvgIpc) is 3.24. The number of ether oxygens (including phenoxy) is 4. The first-order valence-corrected chi connectivity index (χ1v) is 26.2. The van der Waals surface area contributed by atoms with Gasteiger partial charge in [0.2, 0.25) is 0 Å².